The number of rotatable bonds is 5. The third kappa shape index (κ3) is 6.09. The molecule has 19 heavy (non-hydrogen) atoms. The van der Waals surface area contributed by atoms with Crippen molar-refractivity contribution in [2.24, 2.45) is 0 Å². The lowest BCUT2D eigenvalue weighted by Gasteiger charge is -2.08. The Kier molecular flexibility index (Phi) is 5.85. The van der Waals surface area contributed by atoms with E-state index in [-0.39, 0.29) is 18.9 Å². The van der Waals surface area contributed by atoms with Gasteiger partial charge in [0.15, 0.2) is 0 Å². The van der Waals surface area contributed by atoms with Gasteiger partial charge in [-0.1, -0.05) is 22.0 Å². The number of carbonyl (C=O) groups is 1. The molecule has 0 saturated heterocycles. The van der Waals surface area contributed by atoms with E-state index in [1.54, 1.807) is 12.1 Å². The Morgan fingerprint density at radius 3 is 2.58 bits per heavy atom. The molecule has 1 amide bonds. The average molecular weight is 338 g/mol. The monoisotopic (exact) mass is 337 g/mol. The van der Waals surface area contributed by atoms with Crippen molar-refractivity contribution < 1.29 is 18.0 Å². The number of unbranched alkanes of at least 4 members (excludes halogenated alkanes) is 1. The standard InChI is InChI=1S/C13H15BrF3NO/c1-9-4-5-10(8-11(9)14)12(19)18-7-3-2-6-13(15,16)17/h4-5,8H,2-3,6-7H2,1H3,(H,18,19). The Hall–Kier alpha value is -1.04. The molecule has 1 N–H and O–H groups in total. The van der Waals surface area contributed by atoms with E-state index in [4.69, 9.17) is 0 Å². The number of hydrogen-bond donors (Lipinski definition) is 1. The molecular formula is C13H15BrF3NO. The molecule has 106 valence electrons. The molecule has 0 aliphatic carbocycles. The first-order valence-corrected chi connectivity index (χ1v) is 6.70. The van der Waals surface area contributed by atoms with Crippen LogP contribution < -0.4 is 5.32 Å². The van der Waals surface area contributed by atoms with Crippen LogP contribution in [0.1, 0.15) is 35.2 Å². The number of carbonyl (C=O) groups excluding carboxylic acids is 1. The normalized spacial score (nSPS) is 11.4. The molecular weight excluding hydrogens is 323 g/mol. The fraction of sp³-hybridized carbons (Fsp3) is 0.462. The highest BCUT2D eigenvalue weighted by molar-refractivity contribution is 9.10. The van der Waals surface area contributed by atoms with Gasteiger partial charge in [-0.05, 0) is 37.5 Å². The highest BCUT2D eigenvalue weighted by atomic mass is 79.9. The summed E-state index contributed by atoms with van der Waals surface area (Å²) in [4.78, 5) is 11.7. The average Bonchev–Trinajstić information content (AvgIpc) is 2.30. The summed E-state index contributed by atoms with van der Waals surface area (Å²) in [6, 6.07) is 5.19. The molecule has 1 aromatic carbocycles. The molecule has 0 unspecified atom stereocenters. The Bertz CT molecular complexity index is 446. The fourth-order valence-corrected chi connectivity index (χ4v) is 1.87. The van der Waals surface area contributed by atoms with Gasteiger partial charge >= 0.3 is 6.18 Å². The summed E-state index contributed by atoms with van der Waals surface area (Å²) >= 11 is 3.32. The predicted molar refractivity (Wildman–Crippen MR) is 71.1 cm³/mol. The topological polar surface area (TPSA) is 29.1 Å². The SMILES string of the molecule is Cc1ccc(C(=O)NCCCCC(F)(F)F)cc1Br. The van der Waals surface area contributed by atoms with Gasteiger partial charge in [0.2, 0.25) is 0 Å². The third-order valence-electron chi connectivity index (χ3n) is 2.61. The molecule has 0 saturated carbocycles. The summed E-state index contributed by atoms with van der Waals surface area (Å²) in [7, 11) is 0. The van der Waals surface area contributed by atoms with Crippen LogP contribution in [0.2, 0.25) is 0 Å². The maximum Gasteiger partial charge on any atom is 0.389 e. The minimum atomic E-state index is -4.12. The first kappa shape index (κ1) is 16.0. The van der Waals surface area contributed by atoms with Gasteiger partial charge in [-0.25, -0.2) is 0 Å². The smallest absolute Gasteiger partial charge is 0.352 e. The van der Waals surface area contributed by atoms with E-state index in [1.165, 1.54) is 0 Å². The molecule has 0 aromatic heterocycles. The van der Waals surface area contributed by atoms with Crippen LogP contribution in [-0.2, 0) is 0 Å². The van der Waals surface area contributed by atoms with Crippen LogP contribution in [0.4, 0.5) is 13.2 Å². The van der Waals surface area contributed by atoms with Gasteiger partial charge in [0.25, 0.3) is 5.91 Å². The van der Waals surface area contributed by atoms with Gasteiger partial charge in [0, 0.05) is 23.0 Å². The summed E-state index contributed by atoms with van der Waals surface area (Å²) in [5.74, 6) is -0.271. The second-order valence-electron chi connectivity index (χ2n) is 4.29. The molecule has 0 spiro atoms. The lowest BCUT2D eigenvalue weighted by Crippen LogP contribution is -2.24. The molecule has 0 bridgehead atoms. The summed E-state index contributed by atoms with van der Waals surface area (Å²) in [5.41, 5.74) is 1.51. The lowest BCUT2D eigenvalue weighted by atomic mass is 10.1. The van der Waals surface area contributed by atoms with Crippen molar-refractivity contribution in [3.63, 3.8) is 0 Å². The van der Waals surface area contributed by atoms with Crippen molar-refractivity contribution in [1.29, 1.82) is 0 Å². The summed E-state index contributed by atoms with van der Waals surface area (Å²) < 4.78 is 36.5. The van der Waals surface area contributed by atoms with Crippen LogP contribution >= 0.6 is 15.9 Å². The predicted octanol–water partition coefficient (Wildman–Crippen LogP) is 4.22. The van der Waals surface area contributed by atoms with Crippen molar-refractivity contribution in [3.8, 4) is 0 Å². The van der Waals surface area contributed by atoms with Crippen molar-refractivity contribution in [3.05, 3.63) is 33.8 Å². The Balaban J connectivity index is 2.33. The van der Waals surface area contributed by atoms with Crippen molar-refractivity contribution in [2.75, 3.05) is 6.54 Å². The number of nitrogens with one attached hydrogen (secondary N) is 1. The van der Waals surface area contributed by atoms with Crippen LogP contribution in [0.3, 0.4) is 0 Å². The Morgan fingerprint density at radius 1 is 1.32 bits per heavy atom. The van der Waals surface area contributed by atoms with Crippen molar-refractivity contribution >= 4 is 21.8 Å². The molecule has 1 aromatic rings. The molecule has 6 heteroatoms. The van der Waals surface area contributed by atoms with Gasteiger partial charge in [-0.15, -0.1) is 0 Å². The quantitative estimate of drug-likeness (QED) is 0.801. The van der Waals surface area contributed by atoms with Gasteiger partial charge in [-0.2, -0.15) is 13.2 Å². The molecule has 0 aliphatic rings. The van der Waals surface area contributed by atoms with Crippen LogP contribution in [0.25, 0.3) is 0 Å². The second-order valence-corrected chi connectivity index (χ2v) is 5.15. The number of alkyl halides is 3. The minimum absolute atomic E-state index is 0.0291. The van der Waals surface area contributed by atoms with Crippen LogP contribution in [-0.4, -0.2) is 18.6 Å². The van der Waals surface area contributed by atoms with Crippen molar-refractivity contribution in [1.82, 2.24) is 5.32 Å². The van der Waals surface area contributed by atoms with Crippen LogP contribution in [0.15, 0.2) is 22.7 Å². The van der Waals surface area contributed by atoms with Gasteiger partial charge < -0.3 is 5.32 Å². The minimum Gasteiger partial charge on any atom is -0.352 e. The first-order valence-electron chi connectivity index (χ1n) is 5.91. The summed E-state index contributed by atoms with van der Waals surface area (Å²) in [6.45, 7) is 2.16. The van der Waals surface area contributed by atoms with E-state index >= 15 is 0 Å². The first-order chi connectivity index (χ1) is 8.79. The van der Waals surface area contributed by atoms with Gasteiger partial charge in [0.05, 0.1) is 0 Å². The molecule has 0 fully saturated rings. The van der Waals surface area contributed by atoms with E-state index in [1.807, 2.05) is 13.0 Å². The molecule has 0 radical (unpaired) electrons. The molecule has 1 rings (SSSR count). The van der Waals surface area contributed by atoms with Gasteiger partial charge in [0.1, 0.15) is 0 Å². The van der Waals surface area contributed by atoms with E-state index in [9.17, 15) is 18.0 Å². The van der Waals surface area contributed by atoms with E-state index < -0.39 is 12.6 Å². The van der Waals surface area contributed by atoms with Crippen molar-refractivity contribution in [2.45, 2.75) is 32.4 Å². The number of aryl methyl sites for hydroxylation is 1. The third-order valence-corrected chi connectivity index (χ3v) is 3.46. The maximum absolute atomic E-state index is 11.9. The molecule has 0 atom stereocenters. The van der Waals surface area contributed by atoms with Crippen LogP contribution in [0, 0.1) is 6.92 Å². The number of halogens is 4. The van der Waals surface area contributed by atoms with Crippen LogP contribution in [0.5, 0.6) is 0 Å². The lowest BCUT2D eigenvalue weighted by molar-refractivity contribution is -0.135. The molecule has 0 aliphatic heterocycles. The Morgan fingerprint density at radius 2 is 2.00 bits per heavy atom. The number of amides is 1. The Labute approximate surface area is 118 Å². The zero-order chi connectivity index (χ0) is 14.5. The van der Waals surface area contributed by atoms with E-state index in [2.05, 4.69) is 21.2 Å². The zero-order valence-corrected chi connectivity index (χ0v) is 12.1. The second kappa shape index (κ2) is 6.93. The van der Waals surface area contributed by atoms with Gasteiger partial charge in [-0.3, -0.25) is 4.79 Å². The highest BCUT2D eigenvalue weighted by Gasteiger charge is 2.25. The number of benzene rings is 1. The summed E-state index contributed by atoms with van der Waals surface area (Å²) in [6.07, 6.45) is -4.58. The number of hydrogen-bond acceptors (Lipinski definition) is 1. The summed E-state index contributed by atoms with van der Waals surface area (Å²) in [5, 5.41) is 2.60. The highest BCUT2D eigenvalue weighted by Crippen LogP contribution is 2.22. The molecule has 0 heterocycles. The van der Waals surface area contributed by atoms with E-state index in [0.717, 1.165) is 10.0 Å². The fourth-order valence-electron chi connectivity index (χ4n) is 1.49. The zero-order valence-electron chi connectivity index (χ0n) is 10.5. The maximum atomic E-state index is 11.9. The largest absolute Gasteiger partial charge is 0.389 e. The molecule has 2 nitrogen and oxygen atoms in total. The van der Waals surface area contributed by atoms with E-state index in [0.29, 0.717) is 12.0 Å².